The summed E-state index contributed by atoms with van der Waals surface area (Å²) in [5.74, 6) is 1.05. The van der Waals surface area contributed by atoms with E-state index in [0.717, 1.165) is 11.1 Å². The summed E-state index contributed by atoms with van der Waals surface area (Å²) in [6.45, 7) is 2.53. The third-order valence-corrected chi connectivity index (χ3v) is 5.48. The van der Waals surface area contributed by atoms with Crippen molar-refractivity contribution in [1.29, 1.82) is 0 Å². The molecule has 1 fully saturated rings. The van der Waals surface area contributed by atoms with Crippen LogP contribution in [0.3, 0.4) is 0 Å². The summed E-state index contributed by atoms with van der Waals surface area (Å²) >= 11 is 1.58. The molecule has 3 rings (SSSR count). The Hall–Kier alpha value is -2.18. The third kappa shape index (κ3) is 4.08. The number of benzene rings is 2. The van der Waals surface area contributed by atoms with E-state index in [1.54, 1.807) is 18.9 Å². The van der Waals surface area contributed by atoms with E-state index in [-0.39, 0.29) is 5.37 Å². The zero-order valence-electron chi connectivity index (χ0n) is 14.2. The van der Waals surface area contributed by atoms with Crippen LogP contribution in [-0.4, -0.2) is 30.0 Å². The van der Waals surface area contributed by atoms with Crippen LogP contribution >= 0.6 is 11.8 Å². The van der Waals surface area contributed by atoms with E-state index in [0.29, 0.717) is 23.9 Å². The summed E-state index contributed by atoms with van der Waals surface area (Å²) in [5, 5.41) is 12.2. The zero-order valence-corrected chi connectivity index (χ0v) is 15.0. The second kappa shape index (κ2) is 7.80. The van der Waals surface area contributed by atoms with Crippen molar-refractivity contribution in [3.63, 3.8) is 0 Å². The summed E-state index contributed by atoms with van der Waals surface area (Å²) in [6, 6.07) is 13.3. The van der Waals surface area contributed by atoms with Crippen molar-refractivity contribution in [3.05, 3.63) is 59.2 Å². The van der Waals surface area contributed by atoms with Gasteiger partial charge in [-0.15, -0.1) is 11.8 Å². The third-order valence-electron chi connectivity index (χ3n) is 4.22. The number of nitrogens with one attached hydrogen (secondary N) is 1. The summed E-state index contributed by atoms with van der Waals surface area (Å²) in [4.78, 5) is 11.1. The van der Waals surface area contributed by atoms with E-state index < -0.39 is 12.0 Å². The molecule has 0 aromatic heterocycles. The van der Waals surface area contributed by atoms with Gasteiger partial charge < -0.3 is 14.6 Å². The molecule has 1 aliphatic rings. The van der Waals surface area contributed by atoms with Crippen LogP contribution in [-0.2, 0) is 11.4 Å². The summed E-state index contributed by atoms with van der Waals surface area (Å²) in [5.41, 5.74) is 3.30. The van der Waals surface area contributed by atoms with Crippen molar-refractivity contribution >= 4 is 17.7 Å². The fourth-order valence-corrected chi connectivity index (χ4v) is 3.92. The van der Waals surface area contributed by atoms with E-state index in [2.05, 4.69) is 18.3 Å². The number of carbonyl (C=O) groups is 1. The highest BCUT2D eigenvalue weighted by atomic mass is 32.2. The van der Waals surface area contributed by atoms with Crippen LogP contribution in [0.1, 0.15) is 22.1 Å². The first-order valence-corrected chi connectivity index (χ1v) is 9.09. The first-order valence-electron chi connectivity index (χ1n) is 8.04. The van der Waals surface area contributed by atoms with Gasteiger partial charge in [0.1, 0.15) is 12.6 Å². The second-order valence-corrected chi connectivity index (χ2v) is 7.03. The van der Waals surface area contributed by atoms with E-state index in [9.17, 15) is 4.79 Å². The molecule has 0 aliphatic carbocycles. The van der Waals surface area contributed by atoms with Gasteiger partial charge in [-0.1, -0.05) is 30.3 Å². The highest BCUT2D eigenvalue weighted by Gasteiger charge is 2.30. The van der Waals surface area contributed by atoms with Gasteiger partial charge in [0.2, 0.25) is 0 Å². The fourth-order valence-electron chi connectivity index (χ4n) is 2.70. The number of rotatable bonds is 6. The Bertz CT molecular complexity index is 765. The number of ether oxygens (including phenoxy) is 2. The van der Waals surface area contributed by atoms with Crippen molar-refractivity contribution in [2.24, 2.45) is 0 Å². The van der Waals surface area contributed by atoms with Gasteiger partial charge in [-0.2, -0.15) is 0 Å². The number of methoxy groups -OCH3 is 1. The molecule has 0 radical (unpaired) electrons. The Morgan fingerprint density at radius 2 is 2.08 bits per heavy atom. The number of hydrogen-bond acceptors (Lipinski definition) is 5. The quantitative estimate of drug-likeness (QED) is 0.824. The van der Waals surface area contributed by atoms with Gasteiger partial charge in [-0.05, 0) is 35.7 Å². The van der Waals surface area contributed by atoms with Gasteiger partial charge >= 0.3 is 5.97 Å². The molecule has 2 N–H and O–H groups in total. The molecule has 1 saturated heterocycles. The van der Waals surface area contributed by atoms with Crippen LogP contribution in [0, 0.1) is 6.92 Å². The first kappa shape index (κ1) is 17.6. The molecule has 1 aliphatic heterocycles. The second-order valence-electron chi connectivity index (χ2n) is 5.90. The van der Waals surface area contributed by atoms with Crippen LogP contribution in [0.4, 0.5) is 0 Å². The van der Waals surface area contributed by atoms with Crippen LogP contribution in [0.15, 0.2) is 42.5 Å². The number of carboxylic acid groups (broad SMARTS) is 1. The van der Waals surface area contributed by atoms with Crippen molar-refractivity contribution in [2.75, 3.05) is 12.9 Å². The number of aliphatic carboxylic acids is 1. The van der Waals surface area contributed by atoms with Crippen LogP contribution in [0.5, 0.6) is 11.5 Å². The van der Waals surface area contributed by atoms with Gasteiger partial charge in [0.25, 0.3) is 0 Å². The molecule has 2 aromatic rings. The Morgan fingerprint density at radius 1 is 1.28 bits per heavy atom. The van der Waals surface area contributed by atoms with Crippen LogP contribution in [0.25, 0.3) is 0 Å². The van der Waals surface area contributed by atoms with Crippen LogP contribution < -0.4 is 14.8 Å². The topological polar surface area (TPSA) is 67.8 Å². The molecule has 25 heavy (non-hydrogen) atoms. The molecular weight excluding hydrogens is 338 g/mol. The van der Waals surface area contributed by atoms with E-state index in [1.807, 2.05) is 36.4 Å². The number of hydrogen-bond donors (Lipinski definition) is 2. The molecule has 2 atom stereocenters. The van der Waals surface area contributed by atoms with Crippen LogP contribution in [0.2, 0.25) is 0 Å². The maximum Gasteiger partial charge on any atom is 0.321 e. The molecule has 2 unspecified atom stereocenters. The van der Waals surface area contributed by atoms with Gasteiger partial charge in [-0.3, -0.25) is 10.1 Å². The molecule has 5 nitrogen and oxygen atoms in total. The lowest BCUT2D eigenvalue weighted by Gasteiger charge is -2.16. The lowest BCUT2D eigenvalue weighted by atomic mass is 10.1. The highest BCUT2D eigenvalue weighted by molar-refractivity contribution is 7.99. The average Bonchev–Trinajstić information content (AvgIpc) is 3.11. The zero-order chi connectivity index (χ0) is 17.8. The molecule has 0 spiro atoms. The number of carboxylic acids is 1. The maximum atomic E-state index is 11.1. The lowest BCUT2D eigenvalue weighted by molar-refractivity contribution is -0.138. The Kier molecular flexibility index (Phi) is 5.50. The molecule has 132 valence electrons. The summed E-state index contributed by atoms with van der Waals surface area (Å²) in [6.07, 6.45) is 0. The molecule has 2 aromatic carbocycles. The minimum absolute atomic E-state index is 0.0552. The Balaban J connectivity index is 1.72. The molecule has 6 heteroatoms. The molecule has 0 amide bonds. The minimum Gasteiger partial charge on any atom is -0.493 e. The van der Waals surface area contributed by atoms with Gasteiger partial charge in [0.15, 0.2) is 11.5 Å². The molecular formula is C19H21NO4S. The average molecular weight is 359 g/mol. The molecule has 0 bridgehead atoms. The van der Waals surface area contributed by atoms with Gasteiger partial charge in [-0.25, -0.2) is 0 Å². The monoisotopic (exact) mass is 359 g/mol. The summed E-state index contributed by atoms with van der Waals surface area (Å²) in [7, 11) is 1.61. The van der Waals surface area contributed by atoms with E-state index >= 15 is 0 Å². The molecule has 0 saturated carbocycles. The minimum atomic E-state index is -0.819. The Morgan fingerprint density at radius 3 is 2.76 bits per heavy atom. The van der Waals surface area contributed by atoms with Crippen molar-refractivity contribution in [3.8, 4) is 11.5 Å². The maximum absolute atomic E-state index is 11.1. The SMILES string of the molecule is COc1cc(C2NC(C(=O)O)CS2)ccc1OCc1ccccc1C. The Labute approximate surface area is 151 Å². The predicted molar refractivity (Wildman–Crippen MR) is 98.3 cm³/mol. The van der Waals surface area contributed by atoms with E-state index in [4.69, 9.17) is 14.6 Å². The fraction of sp³-hybridized carbons (Fsp3) is 0.316. The predicted octanol–water partition coefficient (Wildman–Crippen LogP) is 3.37. The molecule has 1 heterocycles. The van der Waals surface area contributed by atoms with Crippen molar-refractivity contribution in [2.45, 2.75) is 24.9 Å². The number of thioether (sulfide) groups is 1. The normalized spacial score (nSPS) is 19.6. The largest absolute Gasteiger partial charge is 0.493 e. The standard InChI is InChI=1S/C19H21NO4S/c1-12-5-3-4-6-14(12)10-24-16-8-7-13(9-17(16)23-2)18-20-15(11-25-18)19(21)22/h3-9,15,18,20H,10-11H2,1-2H3,(H,21,22). The summed E-state index contributed by atoms with van der Waals surface area (Å²) < 4.78 is 11.4. The first-order chi connectivity index (χ1) is 12.1. The smallest absolute Gasteiger partial charge is 0.321 e. The van der Waals surface area contributed by atoms with Crippen molar-refractivity contribution in [1.82, 2.24) is 5.32 Å². The van der Waals surface area contributed by atoms with E-state index in [1.165, 1.54) is 5.56 Å². The van der Waals surface area contributed by atoms with Gasteiger partial charge in [0, 0.05) is 5.75 Å². The van der Waals surface area contributed by atoms with Gasteiger partial charge in [0.05, 0.1) is 12.5 Å². The lowest BCUT2D eigenvalue weighted by Crippen LogP contribution is -2.33. The number of aryl methyl sites for hydroxylation is 1. The van der Waals surface area contributed by atoms with Crippen molar-refractivity contribution < 1.29 is 19.4 Å². The highest BCUT2D eigenvalue weighted by Crippen LogP contribution is 2.37.